The minimum Gasteiger partial charge on any atom is -0.542 e. The van der Waals surface area contributed by atoms with Gasteiger partial charge in [0.25, 0.3) is 0 Å². The van der Waals surface area contributed by atoms with Crippen LogP contribution >= 0.6 is 0 Å². The number of aliphatic hydroxyl groups excluding tert-OH is 1. The standard InChI is InChI=1S/C43H46F3N5O6.C2HF3O2/c1-51(2)21-19-31(20-22-51)57-42(56)49-36-23-27(11-14-32(36)28-8-4-3-5-9-28)7-6-10-39(54)48-30-13-12-29(35(24-30)43(44,45)46)25-47-26-38(53)33-15-17-37(52)41-34(33)16-18-40(55)50-41;3-2(4,5)1(6)7/h3-5,8-9,11-18,23-24,31,38,47,53H,6-7,10,19-22,25-26H2,1-2H3,(H3-,48,49,50,52,54,55,56);(H,6,7)/t38-;/m0./s1. The number of quaternary nitrogens is 1. The predicted octanol–water partition coefficient (Wildman–Crippen LogP) is 6.79. The number of likely N-dealkylation sites (tertiary alicyclic amines) is 1. The number of phenols is 1. The van der Waals surface area contributed by atoms with Gasteiger partial charge in [0.2, 0.25) is 11.5 Å². The van der Waals surface area contributed by atoms with Gasteiger partial charge in [-0.2, -0.15) is 26.3 Å². The summed E-state index contributed by atoms with van der Waals surface area (Å²) in [5, 5.41) is 38.5. The van der Waals surface area contributed by atoms with Crippen LogP contribution in [0, 0.1) is 0 Å². The lowest BCUT2D eigenvalue weighted by molar-refractivity contribution is -0.896. The smallest absolute Gasteiger partial charge is 0.430 e. The molecule has 342 valence electrons. The van der Waals surface area contributed by atoms with Gasteiger partial charge in [-0.3, -0.25) is 14.9 Å². The van der Waals surface area contributed by atoms with Crippen LogP contribution in [0.3, 0.4) is 0 Å². The third kappa shape index (κ3) is 13.8. The molecule has 1 aromatic heterocycles. The number of ether oxygens (including phenoxy) is 1. The summed E-state index contributed by atoms with van der Waals surface area (Å²) < 4.78 is 80.7. The molecular weight excluding hydrogens is 853 g/mol. The summed E-state index contributed by atoms with van der Waals surface area (Å²) in [6.45, 7) is 1.48. The third-order valence-corrected chi connectivity index (χ3v) is 10.5. The molecule has 0 spiro atoms. The molecule has 1 aliphatic heterocycles. The number of aromatic amines is 1. The van der Waals surface area contributed by atoms with Gasteiger partial charge in [0.1, 0.15) is 17.8 Å². The second-order valence-corrected chi connectivity index (χ2v) is 15.8. The lowest BCUT2D eigenvalue weighted by Gasteiger charge is -2.36. The van der Waals surface area contributed by atoms with Crippen molar-refractivity contribution in [1.29, 1.82) is 0 Å². The minimum absolute atomic E-state index is 0.00153. The number of nitrogens with zero attached hydrogens (tertiary/aromatic N) is 1. The highest BCUT2D eigenvalue weighted by atomic mass is 19.4. The maximum absolute atomic E-state index is 14.2. The van der Waals surface area contributed by atoms with Crippen molar-refractivity contribution >= 4 is 40.2 Å². The van der Waals surface area contributed by atoms with Gasteiger partial charge < -0.3 is 45.0 Å². The van der Waals surface area contributed by atoms with Crippen LogP contribution in [0.15, 0.2) is 95.8 Å². The molecular formula is C45H47F6N5O8. The lowest BCUT2D eigenvalue weighted by Crippen LogP contribution is -2.48. The minimum atomic E-state index is -5.19. The van der Waals surface area contributed by atoms with E-state index in [2.05, 4.69) is 35.0 Å². The quantitative estimate of drug-likeness (QED) is 0.0546. The van der Waals surface area contributed by atoms with Gasteiger partial charge in [-0.15, -0.1) is 0 Å². The molecule has 19 heteroatoms. The monoisotopic (exact) mass is 899 g/mol. The number of piperidine rings is 1. The Morgan fingerprint density at radius 2 is 1.59 bits per heavy atom. The number of benzene rings is 4. The number of carbonyl (C=O) groups excluding carboxylic acids is 3. The number of aliphatic hydroxyl groups is 1. The number of aromatic nitrogens is 1. The number of phenolic OH excluding ortho intramolecular Hbond substituents is 1. The average molecular weight is 900 g/mol. The van der Waals surface area contributed by atoms with Crippen molar-refractivity contribution in [2.24, 2.45) is 0 Å². The number of hydrogen-bond acceptors (Lipinski definition) is 9. The van der Waals surface area contributed by atoms with Crippen LogP contribution in [0.4, 0.5) is 42.5 Å². The fraction of sp³-hybridized carbons (Fsp3) is 0.333. The zero-order valence-electron chi connectivity index (χ0n) is 34.7. The molecule has 1 aliphatic rings. The summed E-state index contributed by atoms with van der Waals surface area (Å²) in [4.78, 5) is 48.9. The number of pyridine rings is 1. The first-order valence-electron chi connectivity index (χ1n) is 20.1. The topological polar surface area (TPSA) is 193 Å². The van der Waals surface area contributed by atoms with E-state index < -0.39 is 47.5 Å². The predicted molar refractivity (Wildman–Crippen MR) is 224 cm³/mol. The Kier molecular flexibility index (Phi) is 15.8. The second-order valence-electron chi connectivity index (χ2n) is 15.8. The first-order chi connectivity index (χ1) is 30.1. The highest BCUT2D eigenvalue weighted by molar-refractivity contribution is 5.92. The van der Waals surface area contributed by atoms with Gasteiger partial charge in [0, 0.05) is 55.1 Å². The summed E-state index contributed by atoms with van der Waals surface area (Å²) in [6.07, 6.45) is -9.27. The van der Waals surface area contributed by atoms with Gasteiger partial charge in [-0.1, -0.05) is 54.6 Å². The average Bonchev–Trinajstić information content (AvgIpc) is 3.22. The number of carboxylic acids is 1. The van der Waals surface area contributed by atoms with E-state index in [4.69, 9.17) is 14.6 Å². The molecule has 2 amide bonds. The Bertz CT molecular complexity index is 2480. The van der Waals surface area contributed by atoms with Crippen molar-refractivity contribution in [1.82, 2.24) is 10.3 Å². The van der Waals surface area contributed by atoms with E-state index in [9.17, 15) is 50.9 Å². The number of aryl methyl sites for hydroxylation is 1. The van der Waals surface area contributed by atoms with Gasteiger partial charge in [-0.25, -0.2) is 4.79 Å². The molecule has 64 heavy (non-hydrogen) atoms. The molecule has 13 nitrogen and oxygen atoms in total. The Labute approximate surface area is 363 Å². The molecule has 1 saturated heterocycles. The number of H-pyrrole nitrogens is 1. The Balaban J connectivity index is 0.00000102. The van der Waals surface area contributed by atoms with Crippen LogP contribution in [0.1, 0.15) is 54.0 Å². The first kappa shape index (κ1) is 48.6. The first-order valence-corrected chi connectivity index (χ1v) is 20.1. The van der Waals surface area contributed by atoms with Gasteiger partial charge in [0.05, 0.1) is 50.1 Å². The number of aliphatic carboxylic acids is 1. The number of anilines is 2. The molecule has 0 saturated carbocycles. The zero-order chi connectivity index (χ0) is 46.8. The van der Waals surface area contributed by atoms with E-state index in [-0.39, 0.29) is 48.1 Å². The van der Waals surface area contributed by atoms with Crippen LogP contribution < -0.4 is 26.6 Å². The summed E-state index contributed by atoms with van der Waals surface area (Å²) >= 11 is 0. The second kappa shape index (κ2) is 20.8. The molecule has 0 aliphatic carbocycles. The number of amides is 2. The number of aromatic hydroxyl groups is 1. The molecule has 1 fully saturated rings. The maximum Gasteiger partial charge on any atom is 0.430 e. The number of carbonyl (C=O) groups is 3. The van der Waals surface area contributed by atoms with E-state index in [1.165, 1.54) is 36.4 Å². The van der Waals surface area contributed by atoms with Gasteiger partial charge in [-0.05, 0) is 65.4 Å². The summed E-state index contributed by atoms with van der Waals surface area (Å²) in [5.74, 6) is -3.63. The van der Waals surface area contributed by atoms with Crippen LogP contribution in [0.2, 0.25) is 0 Å². The number of halogens is 6. The Morgan fingerprint density at radius 3 is 2.25 bits per heavy atom. The SMILES string of the molecule is C[N+]1(C)CCC(OC(=O)Nc2cc(CCCC(=O)Nc3ccc(CNC[C@H](O)c4ccc(O)c5[nH]c(=O)ccc45)c(C(F)(F)F)c3)ccc2-c2ccccc2)CC1.O=C([O-])C(F)(F)F. The summed E-state index contributed by atoms with van der Waals surface area (Å²) in [5.41, 5.74) is 2.24. The van der Waals surface area contributed by atoms with E-state index >= 15 is 0 Å². The molecule has 1 atom stereocenters. The summed E-state index contributed by atoms with van der Waals surface area (Å²) in [7, 11) is 4.32. The molecule has 6 rings (SSSR count). The van der Waals surface area contributed by atoms with Crippen molar-refractivity contribution in [2.75, 3.05) is 44.4 Å². The number of hydrogen-bond donors (Lipinski definition) is 6. The Hall–Kier alpha value is -6.44. The van der Waals surface area contributed by atoms with Crippen molar-refractivity contribution in [3.8, 4) is 16.9 Å². The van der Waals surface area contributed by atoms with Crippen LogP contribution in [0.25, 0.3) is 22.0 Å². The molecule has 4 aromatic carbocycles. The van der Waals surface area contributed by atoms with Crippen molar-refractivity contribution in [2.45, 2.75) is 63.2 Å². The molecule has 5 aromatic rings. The fourth-order valence-corrected chi connectivity index (χ4v) is 7.12. The Morgan fingerprint density at radius 1 is 0.906 bits per heavy atom. The number of carboxylic acid groups (broad SMARTS) is 1. The highest BCUT2D eigenvalue weighted by Gasteiger charge is 2.34. The lowest BCUT2D eigenvalue weighted by atomic mass is 9.99. The van der Waals surface area contributed by atoms with E-state index in [1.54, 1.807) is 0 Å². The number of alkyl halides is 6. The van der Waals surface area contributed by atoms with E-state index in [1.807, 2.05) is 48.5 Å². The summed E-state index contributed by atoms with van der Waals surface area (Å²) in [6, 6.07) is 24.4. The van der Waals surface area contributed by atoms with Crippen LogP contribution in [0.5, 0.6) is 5.75 Å². The fourth-order valence-electron chi connectivity index (χ4n) is 7.12. The molecule has 2 heterocycles. The zero-order valence-corrected chi connectivity index (χ0v) is 34.7. The van der Waals surface area contributed by atoms with Gasteiger partial charge in [0.15, 0.2) is 0 Å². The van der Waals surface area contributed by atoms with Crippen molar-refractivity contribution < 1.29 is 65.3 Å². The molecule has 0 unspecified atom stereocenters. The third-order valence-electron chi connectivity index (χ3n) is 10.5. The van der Waals surface area contributed by atoms with Gasteiger partial charge >= 0.3 is 18.4 Å². The van der Waals surface area contributed by atoms with E-state index in [0.29, 0.717) is 29.5 Å². The maximum atomic E-state index is 14.2. The van der Waals surface area contributed by atoms with Crippen molar-refractivity contribution in [3.63, 3.8) is 0 Å². The normalized spacial score (nSPS) is 14.5. The molecule has 0 radical (unpaired) electrons. The van der Waals surface area contributed by atoms with Crippen molar-refractivity contribution in [3.05, 3.63) is 124 Å². The molecule has 0 bridgehead atoms. The number of nitrogens with one attached hydrogen (secondary N) is 4. The number of rotatable bonds is 13. The van der Waals surface area contributed by atoms with E-state index in [0.717, 1.165) is 53.2 Å². The largest absolute Gasteiger partial charge is 0.542 e. The van der Waals surface area contributed by atoms with Crippen LogP contribution in [-0.4, -0.2) is 83.7 Å². The van der Waals surface area contributed by atoms with Crippen LogP contribution in [-0.2, 0) is 33.5 Å². The highest BCUT2D eigenvalue weighted by Crippen LogP contribution is 2.35. The number of fused-ring (bicyclic) bond motifs is 1. The molecule has 6 N–H and O–H groups in total.